The first-order valence-corrected chi connectivity index (χ1v) is 5.88. The minimum Gasteiger partial charge on any atom is -0.350 e. The molecule has 17 heavy (non-hydrogen) atoms. The molecule has 1 aliphatic rings. The molecule has 2 heterocycles. The number of amides is 1. The lowest BCUT2D eigenvalue weighted by Crippen LogP contribution is -2.55. The van der Waals surface area contributed by atoms with Crippen LogP contribution >= 0.6 is 0 Å². The van der Waals surface area contributed by atoms with E-state index in [1.54, 1.807) is 4.68 Å². The highest BCUT2D eigenvalue weighted by molar-refractivity contribution is 5.82. The van der Waals surface area contributed by atoms with Gasteiger partial charge in [0.25, 0.3) is 0 Å². The summed E-state index contributed by atoms with van der Waals surface area (Å²) in [6.07, 6.45) is 1.93. The second-order valence-corrected chi connectivity index (χ2v) is 4.34. The molecule has 6 nitrogen and oxygen atoms in total. The summed E-state index contributed by atoms with van der Waals surface area (Å²) in [7, 11) is 1.88. The van der Waals surface area contributed by atoms with Crippen molar-refractivity contribution < 1.29 is 4.79 Å². The van der Waals surface area contributed by atoms with Crippen LogP contribution in [0.5, 0.6) is 0 Å². The highest BCUT2D eigenvalue weighted by Gasteiger charge is 2.19. The number of hydrogen-bond donors (Lipinski definition) is 3. The van der Waals surface area contributed by atoms with E-state index in [9.17, 15) is 4.79 Å². The molecular formula is C11H19N5O. The normalized spacial score (nSPS) is 20.2. The number of carbonyl (C=O) groups excluding carboxylic acids is 1. The topological polar surface area (TPSA) is 71.0 Å². The third-order valence-corrected chi connectivity index (χ3v) is 2.93. The van der Waals surface area contributed by atoms with Crippen LogP contribution in [-0.2, 0) is 18.4 Å². The highest BCUT2D eigenvalue weighted by Crippen LogP contribution is 2.03. The Hall–Kier alpha value is -1.40. The first-order chi connectivity index (χ1) is 8.16. The van der Waals surface area contributed by atoms with Crippen molar-refractivity contribution in [3.05, 3.63) is 17.5 Å². The van der Waals surface area contributed by atoms with Crippen molar-refractivity contribution in [1.82, 2.24) is 25.7 Å². The van der Waals surface area contributed by atoms with Gasteiger partial charge in [-0.1, -0.05) is 0 Å². The fourth-order valence-electron chi connectivity index (χ4n) is 1.97. The largest absolute Gasteiger partial charge is 0.350 e. The summed E-state index contributed by atoms with van der Waals surface area (Å²) >= 11 is 0. The van der Waals surface area contributed by atoms with Crippen molar-refractivity contribution in [3.63, 3.8) is 0 Å². The molecule has 0 aromatic carbocycles. The summed E-state index contributed by atoms with van der Waals surface area (Å²) in [5, 5.41) is 13.5. The molecule has 0 bridgehead atoms. The predicted octanol–water partition coefficient (Wildman–Crippen LogP) is -1.09. The van der Waals surface area contributed by atoms with E-state index in [1.807, 2.05) is 20.2 Å². The second kappa shape index (κ2) is 5.29. The number of rotatable bonds is 3. The maximum absolute atomic E-state index is 11.8. The molecule has 0 aliphatic carbocycles. The van der Waals surface area contributed by atoms with Crippen LogP contribution in [0.15, 0.2) is 6.20 Å². The molecule has 1 fully saturated rings. The van der Waals surface area contributed by atoms with Gasteiger partial charge in [-0.15, -0.1) is 0 Å². The third kappa shape index (κ3) is 3.04. The van der Waals surface area contributed by atoms with Crippen LogP contribution in [0.1, 0.15) is 11.3 Å². The molecule has 2 rings (SSSR count). The fourth-order valence-corrected chi connectivity index (χ4v) is 1.97. The van der Waals surface area contributed by atoms with Crippen LogP contribution in [-0.4, -0.2) is 41.4 Å². The number of piperazine rings is 1. The van der Waals surface area contributed by atoms with E-state index in [1.165, 1.54) is 0 Å². The molecule has 6 heteroatoms. The average Bonchev–Trinajstić information content (AvgIpc) is 2.66. The van der Waals surface area contributed by atoms with Gasteiger partial charge in [-0.05, 0) is 6.92 Å². The van der Waals surface area contributed by atoms with Gasteiger partial charge in [0.1, 0.15) is 0 Å². The Morgan fingerprint density at radius 3 is 3.06 bits per heavy atom. The number of carbonyl (C=O) groups is 1. The summed E-state index contributed by atoms with van der Waals surface area (Å²) in [6, 6.07) is -0.124. The molecule has 1 aromatic rings. The number of hydrogen-bond acceptors (Lipinski definition) is 4. The first kappa shape index (κ1) is 12.1. The van der Waals surface area contributed by atoms with E-state index >= 15 is 0 Å². The Bertz CT molecular complexity index is 395. The standard InChI is InChI=1S/C11H19N5O/c1-8-9(7-16(2)15-8)5-14-11(17)10-6-12-3-4-13-10/h7,10,12-13H,3-6H2,1-2H3,(H,14,17). The zero-order valence-corrected chi connectivity index (χ0v) is 10.3. The summed E-state index contributed by atoms with van der Waals surface area (Å²) < 4.78 is 1.76. The average molecular weight is 237 g/mol. The van der Waals surface area contributed by atoms with Gasteiger partial charge < -0.3 is 16.0 Å². The summed E-state index contributed by atoms with van der Waals surface area (Å²) in [5.74, 6) is 0.0421. The molecule has 0 spiro atoms. The van der Waals surface area contributed by atoms with Crippen molar-refractivity contribution in [1.29, 1.82) is 0 Å². The van der Waals surface area contributed by atoms with Crippen LogP contribution in [0.2, 0.25) is 0 Å². The molecule has 1 atom stereocenters. The smallest absolute Gasteiger partial charge is 0.238 e. The molecule has 1 aliphatic heterocycles. The zero-order chi connectivity index (χ0) is 12.3. The molecule has 94 valence electrons. The first-order valence-electron chi connectivity index (χ1n) is 5.88. The minimum absolute atomic E-state index is 0.0421. The quantitative estimate of drug-likeness (QED) is 0.624. The van der Waals surface area contributed by atoms with Crippen LogP contribution < -0.4 is 16.0 Å². The van der Waals surface area contributed by atoms with Gasteiger partial charge in [0.05, 0.1) is 11.7 Å². The molecule has 1 aromatic heterocycles. The van der Waals surface area contributed by atoms with Gasteiger partial charge in [-0.25, -0.2) is 0 Å². The van der Waals surface area contributed by atoms with Crippen LogP contribution in [0, 0.1) is 6.92 Å². The van der Waals surface area contributed by atoms with Gasteiger partial charge in [-0.2, -0.15) is 5.10 Å². The van der Waals surface area contributed by atoms with E-state index in [0.717, 1.165) is 24.3 Å². The van der Waals surface area contributed by atoms with Gasteiger partial charge in [0.2, 0.25) is 5.91 Å². The lowest BCUT2D eigenvalue weighted by atomic mass is 10.2. The van der Waals surface area contributed by atoms with E-state index in [-0.39, 0.29) is 11.9 Å². The van der Waals surface area contributed by atoms with Gasteiger partial charge >= 0.3 is 0 Å². The van der Waals surface area contributed by atoms with Crippen molar-refractivity contribution in [2.24, 2.45) is 7.05 Å². The summed E-state index contributed by atoms with van der Waals surface area (Å²) in [4.78, 5) is 11.8. The molecule has 1 saturated heterocycles. The van der Waals surface area contributed by atoms with Crippen LogP contribution in [0.4, 0.5) is 0 Å². The van der Waals surface area contributed by atoms with E-state index in [0.29, 0.717) is 13.1 Å². The fraction of sp³-hybridized carbons (Fsp3) is 0.636. The lowest BCUT2D eigenvalue weighted by molar-refractivity contribution is -0.123. The van der Waals surface area contributed by atoms with Crippen molar-refractivity contribution >= 4 is 5.91 Å². The Kier molecular flexibility index (Phi) is 3.75. The number of aromatic nitrogens is 2. The SMILES string of the molecule is Cc1nn(C)cc1CNC(=O)C1CNCCN1. The zero-order valence-electron chi connectivity index (χ0n) is 10.3. The Labute approximate surface area is 101 Å². The monoisotopic (exact) mass is 237 g/mol. The maximum atomic E-state index is 11.8. The van der Waals surface area contributed by atoms with E-state index < -0.39 is 0 Å². The number of aryl methyl sites for hydroxylation is 2. The third-order valence-electron chi connectivity index (χ3n) is 2.93. The number of nitrogens with one attached hydrogen (secondary N) is 3. The Balaban J connectivity index is 1.85. The van der Waals surface area contributed by atoms with Crippen molar-refractivity contribution in [2.75, 3.05) is 19.6 Å². The number of nitrogens with zero attached hydrogens (tertiary/aromatic N) is 2. The van der Waals surface area contributed by atoms with Gasteiger partial charge in [0.15, 0.2) is 0 Å². The van der Waals surface area contributed by atoms with Crippen LogP contribution in [0.3, 0.4) is 0 Å². The molecule has 1 amide bonds. The highest BCUT2D eigenvalue weighted by atomic mass is 16.2. The van der Waals surface area contributed by atoms with Gasteiger partial charge in [-0.3, -0.25) is 9.48 Å². The Morgan fingerprint density at radius 1 is 1.65 bits per heavy atom. The van der Waals surface area contributed by atoms with Crippen LogP contribution in [0.25, 0.3) is 0 Å². The van der Waals surface area contributed by atoms with Gasteiger partial charge in [0, 0.05) is 45.0 Å². The summed E-state index contributed by atoms with van der Waals surface area (Å²) in [6.45, 7) is 4.94. The molecule has 1 unspecified atom stereocenters. The van der Waals surface area contributed by atoms with E-state index in [4.69, 9.17) is 0 Å². The predicted molar refractivity (Wildman–Crippen MR) is 64.5 cm³/mol. The summed E-state index contributed by atoms with van der Waals surface area (Å²) in [5.41, 5.74) is 2.02. The molecular weight excluding hydrogens is 218 g/mol. The molecule has 0 radical (unpaired) electrons. The van der Waals surface area contributed by atoms with Crippen molar-refractivity contribution in [2.45, 2.75) is 19.5 Å². The molecule has 0 saturated carbocycles. The maximum Gasteiger partial charge on any atom is 0.238 e. The lowest BCUT2D eigenvalue weighted by Gasteiger charge is -2.23. The second-order valence-electron chi connectivity index (χ2n) is 4.34. The Morgan fingerprint density at radius 2 is 2.47 bits per heavy atom. The minimum atomic E-state index is -0.124. The molecule has 3 N–H and O–H groups in total. The van der Waals surface area contributed by atoms with Crippen molar-refractivity contribution in [3.8, 4) is 0 Å². The van der Waals surface area contributed by atoms with E-state index in [2.05, 4.69) is 21.0 Å².